The van der Waals surface area contributed by atoms with Crippen molar-refractivity contribution < 1.29 is 13.6 Å². The van der Waals surface area contributed by atoms with Gasteiger partial charge in [-0.3, -0.25) is 4.79 Å². The lowest BCUT2D eigenvalue weighted by Gasteiger charge is -2.13. The molecule has 2 N–H and O–H groups in total. The van der Waals surface area contributed by atoms with E-state index in [0.717, 1.165) is 18.2 Å². The largest absolute Gasteiger partial charge is 0.357 e. The van der Waals surface area contributed by atoms with Gasteiger partial charge in [-0.1, -0.05) is 0 Å². The van der Waals surface area contributed by atoms with Crippen LogP contribution in [0.5, 0.6) is 0 Å². The molecule has 0 atom stereocenters. The maximum Gasteiger partial charge on any atom is 0.223 e. The molecule has 1 aromatic carbocycles. The topological polar surface area (TPSA) is 56.7 Å². The molecule has 0 fully saturated rings. The van der Waals surface area contributed by atoms with Crippen LogP contribution in [-0.4, -0.2) is 44.0 Å². The fraction of sp³-hybridized carbons (Fsp3) is 0.467. The zero-order valence-corrected chi connectivity index (χ0v) is 13.1. The van der Waals surface area contributed by atoms with E-state index in [-0.39, 0.29) is 18.0 Å². The summed E-state index contributed by atoms with van der Waals surface area (Å²) in [5.74, 6) is -0.540. The van der Waals surface area contributed by atoms with Gasteiger partial charge in [-0.15, -0.1) is 0 Å². The summed E-state index contributed by atoms with van der Waals surface area (Å²) < 4.78 is 26.6. The number of carbonyl (C=O) groups is 1. The predicted molar refractivity (Wildman–Crippen MR) is 82.5 cm³/mol. The SMILES string of the molecule is CCNC(=NCc1cc(F)ccc1F)NCCC(=O)N(C)C. The number of benzene rings is 1. The minimum Gasteiger partial charge on any atom is -0.357 e. The molecule has 0 aliphatic carbocycles. The Bertz CT molecular complexity index is 532. The lowest BCUT2D eigenvalue weighted by atomic mass is 10.2. The minimum absolute atomic E-state index is 0.000441. The van der Waals surface area contributed by atoms with Crippen molar-refractivity contribution in [3.8, 4) is 0 Å². The van der Waals surface area contributed by atoms with Gasteiger partial charge < -0.3 is 15.5 Å². The molecule has 0 aliphatic rings. The van der Waals surface area contributed by atoms with Crippen molar-refractivity contribution in [2.24, 2.45) is 4.99 Å². The molecule has 0 aliphatic heterocycles. The third kappa shape index (κ3) is 6.07. The second kappa shape index (κ2) is 8.96. The van der Waals surface area contributed by atoms with E-state index < -0.39 is 11.6 Å². The Morgan fingerprint density at radius 1 is 1.27 bits per heavy atom. The van der Waals surface area contributed by atoms with Crippen LogP contribution in [0, 0.1) is 11.6 Å². The van der Waals surface area contributed by atoms with Gasteiger partial charge in [-0.25, -0.2) is 13.8 Å². The van der Waals surface area contributed by atoms with Crippen LogP contribution in [0.3, 0.4) is 0 Å². The van der Waals surface area contributed by atoms with Crippen LogP contribution in [0.25, 0.3) is 0 Å². The fourth-order valence-corrected chi connectivity index (χ4v) is 1.68. The summed E-state index contributed by atoms with van der Waals surface area (Å²) >= 11 is 0. The highest BCUT2D eigenvalue weighted by molar-refractivity contribution is 5.81. The summed E-state index contributed by atoms with van der Waals surface area (Å²) in [6, 6.07) is 3.27. The molecule has 0 saturated heterocycles. The summed E-state index contributed by atoms with van der Waals surface area (Å²) in [4.78, 5) is 17.2. The van der Waals surface area contributed by atoms with E-state index >= 15 is 0 Å². The lowest BCUT2D eigenvalue weighted by Crippen LogP contribution is -2.39. The molecule has 7 heteroatoms. The van der Waals surface area contributed by atoms with Crippen LogP contribution in [0.15, 0.2) is 23.2 Å². The lowest BCUT2D eigenvalue weighted by molar-refractivity contribution is -0.128. The average molecular weight is 312 g/mol. The molecule has 22 heavy (non-hydrogen) atoms. The van der Waals surface area contributed by atoms with Crippen molar-refractivity contribution in [1.29, 1.82) is 0 Å². The molecule has 1 aromatic rings. The Kier molecular flexibility index (Phi) is 7.28. The molecule has 0 unspecified atom stereocenters. The first kappa shape index (κ1) is 17.9. The highest BCUT2D eigenvalue weighted by Gasteiger charge is 2.06. The molecule has 1 amide bonds. The molecule has 0 radical (unpaired) electrons. The standard InChI is InChI=1S/C15H22F2N4O/c1-4-18-15(19-8-7-14(22)21(2)3)20-10-11-9-12(16)5-6-13(11)17/h5-6,9H,4,7-8,10H2,1-3H3,(H2,18,19,20). The fourth-order valence-electron chi connectivity index (χ4n) is 1.68. The van der Waals surface area contributed by atoms with Gasteiger partial charge in [0, 0.05) is 39.2 Å². The monoisotopic (exact) mass is 312 g/mol. The smallest absolute Gasteiger partial charge is 0.223 e. The third-order valence-electron chi connectivity index (χ3n) is 2.89. The maximum atomic E-state index is 13.5. The normalized spacial score (nSPS) is 11.2. The first-order valence-electron chi connectivity index (χ1n) is 7.10. The molecule has 0 saturated carbocycles. The van der Waals surface area contributed by atoms with Crippen LogP contribution in [0.1, 0.15) is 18.9 Å². The van der Waals surface area contributed by atoms with Crippen LogP contribution in [0.4, 0.5) is 8.78 Å². The predicted octanol–water partition coefficient (Wildman–Crippen LogP) is 1.50. The van der Waals surface area contributed by atoms with Gasteiger partial charge in [0.25, 0.3) is 0 Å². The molecule has 0 bridgehead atoms. The highest BCUT2D eigenvalue weighted by Crippen LogP contribution is 2.10. The summed E-state index contributed by atoms with van der Waals surface area (Å²) in [7, 11) is 3.38. The number of hydrogen-bond donors (Lipinski definition) is 2. The maximum absolute atomic E-state index is 13.5. The number of aliphatic imine (C=N–C) groups is 1. The Morgan fingerprint density at radius 2 is 2.00 bits per heavy atom. The van der Waals surface area contributed by atoms with E-state index in [1.54, 1.807) is 14.1 Å². The van der Waals surface area contributed by atoms with Crippen LogP contribution in [0.2, 0.25) is 0 Å². The number of nitrogens with one attached hydrogen (secondary N) is 2. The molecule has 0 spiro atoms. The van der Waals surface area contributed by atoms with E-state index in [2.05, 4.69) is 15.6 Å². The van der Waals surface area contributed by atoms with Crippen molar-refractivity contribution in [2.75, 3.05) is 27.2 Å². The van der Waals surface area contributed by atoms with Gasteiger partial charge in [0.1, 0.15) is 11.6 Å². The Morgan fingerprint density at radius 3 is 2.64 bits per heavy atom. The zero-order valence-electron chi connectivity index (χ0n) is 13.1. The molecular formula is C15H22F2N4O. The van der Waals surface area contributed by atoms with E-state index in [4.69, 9.17) is 0 Å². The number of nitrogens with zero attached hydrogens (tertiary/aromatic N) is 2. The van der Waals surface area contributed by atoms with Crippen LogP contribution in [-0.2, 0) is 11.3 Å². The van der Waals surface area contributed by atoms with Crippen molar-refractivity contribution in [3.05, 3.63) is 35.4 Å². The minimum atomic E-state index is -0.499. The van der Waals surface area contributed by atoms with E-state index in [0.29, 0.717) is 25.5 Å². The number of amides is 1. The van der Waals surface area contributed by atoms with Gasteiger partial charge in [-0.05, 0) is 25.1 Å². The van der Waals surface area contributed by atoms with E-state index in [1.165, 1.54) is 4.90 Å². The van der Waals surface area contributed by atoms with Gasteiger partial charge in [0.15, 0.2) is 5.96 Å². The van der Waals surface area contributed by atoms with Gasteiger partial charge in [0.2, 0.25) is 5.91 Å². The number of carbonyl (C=O) groups excluding carboxylic acids is 1. The second-order valence-corrected chi connectivity index (χ2v) is 4.90. The number of rotatable bonds is 6. The molecular weight excluding hydrogens is 290 g/mol. The second-order valence-electron chi connectivity index (χ2n) is 4.90. The van der Waals surface area contributed by atoms with E-state index in [1.807, 2.05) is 6.92 Å². The first-order valence-corrected chi connectivity index (χ1v) is 7.10. The highest BCUT2D eigenvalue weighted by atomic mass is 19.1. The molecule has 0 aromatic heterocycles. The van der Waals surface area contributed by atoms with Crippen LogP contribution >= 0.6 is 0 Å². The average Bonchev–Trinajstić information content (AvgIpc) is 2.47. The summed E-state index contributed by atoms with van der Waals surface area (Å²) in [6.45, 7) is 2.94. The first-order chi connectivity index (χ1) is 10.4. The number of guanidine groups is 1. The Labute approximate surface area is 129 Å². The molecule has 0 heterocycles. The van der Waals surface area contributed by atoms with Crippen molar-refractivity contribution in [1.82, 2.24) is 15.5 Å². The third-order valence-corrected chi connectivity index (χ3v) is 2.89. The van der Waals surface area contributed by atoms with Gasteiger partial charge in [0.05, 0.1) is 6.54 Å². The summed E-state index contributed by atoms with van der Waals surface area (Å²) in [5.41, 5.74) is 0.182. The molecule has 1 rings (SSSR count). The van der Waals surface area contributed by atoms with Gasteiger partial charge in [-0.2, -0.15) is 0 Å². The quantitative estimate of drug-likeness (QED) is 0.618. The van der Waals surface area contributed by atoms with Crippen molar-refractivity contribution in [2.45, 2.75) is 19.9 Å². The number of hydrogen-bond acceptors (Lipinski definition) is 2. The molecule has 122 valence electrons. The van der Waals surface area contributed by atoms with Gasteiger partial charge >= 0.3 is 0 Å². The zero-order chi connectivity index (χ0) is 16.5. The summed E-state index contributed by atoms with van der Waals surface area (Å²) in [5, 5.41) is 5.97. The van der Waals surface area contributed by atoms with E-state index in [9.17, 15) is 13.6 Å². The van der Waals surface area contributed by atoms with Crippen molar-refractivity contribution >= 4 is 11.9 Å². The van der Waals surface area contributed by atoms with Crippen LogP contribution < -0.4 is 10.6 Å². The number of halogens is 2. The Hall–Kier alpha value is -2.18. The Balaban J connectivity index is 2.61. The molecule has 5 nitrogen and oxygen atoms in total. The van der Waals surface area contributed by atoms with Crippen molar-refractivity contribution in [3.63, 3.8) is 0 Å². The summed E-state index contributed by atoms with van der Waals surface area (Å²) in [6.07, 6.45) is 0.325.